The molecule has 1 aliphatic carbocycles. The van der Waals surface area contributed by atoms with Crippen molar-refractivity contribution in [3.05, 3.63) is 59.7 Å². The van der Waals surface area contributed by atoms with E-state index in [1.807, 2.05) is 18.2 Å². The van der Waals surface area contributed by atoms with Gasteiger partial charge in [0.25, 0.3) is 0 Å². The summed E-state index contributed by atoms with van der Waals surface area (Å²) in [4.78, 5) is 8.15. The number of aromatic nitrogens is 1. The summed E-state index contributed by atoms with van der Waals surface area (Å²) in [5, 5.41) is 0. The highest BCUT2D eigenvalue weighted by Crippen LogP contribution is 2.25. The first-order chi connectivity index (χ1) is 7.83. The largest absolute Gasteiger partial charge is 0.259 e. The van der Waals surface area contributed by atoms with E-state index in [4.69, 9.17) is 0 Å². The second kappa shape index (κ2) is 3.52. The molecule has 78 valence electrons. The summed E-state index contributed by atoms with van der Waals surface area (Å²) in [5.41, 5.74) is 4.03. The molecule has 2 aromatic rings. The summed E-state index contributed by atoms with van der Waals surface area (Å²) < 4.78 is 12.9. The van der Waals surface area contributed by atoms with Gasteiger partial charge >= 0.3 is 0 Å². The smallest absolute Gasteiger partial charge is 0.143 e. The van der Waals surface area contributed by atoms with E-state index in [-0.39, 0.29) is 5.82 Å². The van der Waals surface area contributed by atoms with Gasteiger partial charge in [-0.05, 0) is 11.1 Å². The van der Waals surface area contributed by atoms with E-state index < -0.39 is 0 Å². The van der Waals surface area contributed by atoms with Crippen molar-refractivity contribution >= 4 is 11.4 Å². The second-order valence-corrected chi connectivity index (χ2v) is 3.75. The van der Waals surface area contributed by atoms with E-state index in [1.165, 1.54) is 17.8 Å². The number of aliphatic imine (C=N–C) groups is 1. The van der Waals surface area contributed by atoms with Crippen molar-refractivity contribution in [2.75, 3.05) is 0 Å². The molecular formula is C13H9FN2. The SMILES string of the molecule is Fc1cncc(N=C2Cc3ccccc32)c1. The Kier molecular flexibility index (Phi) is 2.03. The van der Waals surface area contributed by atoms with Crippen LogP contribution in [0.3, 0.4) is 0 Å². The van der Waals surface area contributed by atoms with Gasteiger partial charge in [-0.2, -0.15) is 0 Å². The lowest BCUT2D eigenvalue weighted by molar-refractivity contribution is 0.622. The molecule has 1 aliphatic rings. The fourth-order valence-corrected chi connectivity index (χ4v) is 1.84. The Bertz CT molecular complexity index is 576. The topological polar surface area (TPSA) is 25.2 Å². The molecule has 3 heteroatoms. The molecule has 0 fully saturated rings. The van der Waals surface area contributed by atoms with Crippen molar-refractivity contribution in [2.24, 2.45) is 4.99 Å². The Balaban J connectivity index is 1.97. The van der Waals surface area contributed by atoms with Gasteiger partial charge in [-0.1, -0.05) is 24.3 Å². The van der Waals surface area contributed by atoms with E-state index in [0.717, 1.165) is 17.7 Å². The number of nitrogens with zero attached hydrogens (tertiary/aromatic N) is 2. The van der Waals surface area contributed by atoms with Gasteiger partial charge in [-0.3, -0.25) is 9.98 Å². The lowest BCUT2D eigenvalue weighted by Gasteiger charge is -2.20. The monoisotopic (exact) mass is 212 g/mol. The Labute approximate surface area is 92.5 Å². The molecule has 2 nitrogen and oxygen atoms in total. The van der Waals surface area contributed by atoms with Crippen molar-refractivity contribution in [1.29, 1.82) is 0 Å². The van der Waals surface area contributed by atoms with Crippen LogP contribution in [0.4, 0.5) is 10.1 Å². The number of fused-ring (bicyclic) bond motifs is 1. The Hall–Kier alpha value is -2.03. The summed E-state index contributed by atoms with van der Waals surface area (Å²) >= 11 is 0. The molecule has 0 unspecified atom stereocenters. The van der Waals surface area contributed by atoms with E-state index in [2.05, 4.69) is 16.0 Å². The standard InChI is InChI=1S/C13H9FN2/c14-10-6-11(8-15-7-10)16-13-5-9-3-1-2-4-12(9)13/h1-4,6-8H,5H2. The van der Waals surface area contributed by atoms with Crippen molar-refractivity contribution < 1.29 is 4.39 Å². The van der Waals surface area contributed by atoms with Gasteiger partial charge in [0.15, 0.2) is 0 Å². The molecule has 0 aliphatic heterocycles. The van der Waals surface area contributed by atoms with Crippen molar-refractivity contribution in [3.63, 3.8) is 0 Å². The number of halogens is 1. The van der Waals surface area contributed by atoms with Crippen LogP contribution in [0.2, 0.25) is 0 Å². The van der Waals surface area contributed by atoms with Gasteiger partial charge in [0, 0.05) is 12.5 Å². The molecule has 1 aromatic heterocycles. The van der Waals surface area contributed by atoms with Gasteiger partial charge in [0.05, 0.1) is 23.8 Å². The molecule has 1 aromatic carbocycles. The molecule has 0 saturated heterocycles. The first-order valence-corrected chi connectivity index (χ1v) is 5.09. The summed E-state index contributed by atoms with van der Waals surface area (Å²) in [7, 11) is 0. The maximum atomic E-state index is 12.9. The van der Waals surface area contributed by atoms with Crippen LogP contribution in [0.25, 0.3) is 0 Å². The maximum Gasteiger partial charge on any atom is 0.143 e. The van der Waals surface area contributed by atoms with E-state index >= 15 is 0 Å². The molecule has 3 rings (SSSR count). The molecule has 0 bridgehead atoms. The Morgan fingerprint density at radius 2 is 2.06 bits per heavy atom. The minimum atomic E-state index is -0.352. The van der Waals surface area contributed by atoms with Crippen molar-refractivity contribution in [1.82, 2.24) is 4.98 Å². The fourth-order valence-electron chi connectivity index (χ4n) is 1.84. The highest BCUT2D eigenvalue weighted by atomic mass is 19.1. The van der Waals surface area contributed by atoms with E-state index in [9.17, 15) is 4.39 Å². The average Bonchev–Trinajstić information content (AvgIpc) is 2.26. The van der Waals surface area contributed by atoms with Gasteiger partial charge < -0.3 is 0 Å². The highest BCUT2D eigenvalue weighted by Gasteiger charge is 2.19. The van der Waals surface area contributed by atoms with Crippen LogP contribution >= 0.6 is 0 Å². The zero-order valence-corrected chi connectivity index (χ0v) is 8.52. The van der Waals surface area contributed by atoms with Crippen molar-refractivity contribution in [3.8, 4) is 0 Å². The first kappa shape index (κ1) is 9.21. The summed E-state index contributed by atoms with van der Waals surface area (Å²) in [6.45, 7) is 0. The maximum absolute atomic E-state index is 12.9. The zero-order valence-electron chi connectivity index (χ0n) is 8.52. The van der Waals surface area contributed by atoms with Gasteiger partial charge in [-0.25, -0.2) is 4.39 Å². The number of pyridine rings is 1. The number of hydrogen-bond acceptors (Lipinski definition) is 2. The van der Waals surface area contributed by atoms with Crippen LogP contribution in [0, 0.1) is 5.82 Å². The van der Waals surface area contributed by atoms with Crippen LogP contribution in [0.15, 0.2) is 47.7 Å². The quantitative estimate of drug-likeness (QED) is 0.713. The second-order valence-electron chi connectivity index (χ2n) is 3.75. The third-order valence-corrected chi connectivity index (χ3v) is 2.64. The minimum Gasteiger partial charge on any atom is -0.259 e. The summed E-state index contributed by atoms with van der Waals surface area (Å²) in [5.74, 6) is -0.352. The minimum absolute atomic E-state index is 0.352. The summed E-state index contributed by atoms with van der Waals surface area (Å²) in [6.07, 6.45) is 3.60. The normalized spacial score (nSPS) is 15.7. The van der Waals surface area contributed by atoms with E-state index in [0.29, 0.717) is 5.69 Å². The fraction of sp³-hybridized carbons (Fsp3) is 0.0769. The molecule has 0 N–H and O–H groups in total. The van der Waals surface area contributed by atoms with Crippen molar-refractivity contribution in [2.45, 2.75) is 6.42 Å². The van der Waals surface area contributed by atoms with Gasteiger partial charge in [-0.15, -0.1) is 0 Å². The molecular weight excluding hydrogens is 203 g/mol. The summed E-state index contributed by atoms with van der Waals surface area (Å²) in [6, 6.07) is 9.50. The van der Waals surface area contributed by atoms with Crippen LogP contribution in [-0.2, 0) is 6.42 Å². The third-order valence-electron chi connectivity index (χ3n) is 2.64. The number of hydrogen-bond donors (Lipinski definition) is 0. The van der Waals surface area contributed by atoms with Gasteiger partial charge in [0.2, 0.25) is 0 Å². The zero-order chi connectivity index (χ0) is 11.0. The van der Waals surface area contributed by atoms with Crippen LogP contribution in [0.5, 0.6) is 0 Å². The molecule has 0 atom stereocenters. The molecule has 16 heavy (non-hydrogen) atoms. The number of benzene rings is 1. The Morgan fingerprint density at radius 1 is 1.19 bits per heavy atom. The van der Waals surface area contributed by atoms with Crippen LogP contribution in [0.1, 0.15) is 11.1 Å². The lowest BCUT2D eigenvalue weighted by Crippen LogP contribution is -2.19. The van der Waals surface area contributed by atoms with Gasteiger partial charge in [0.1, 0.15) is 5.82 Å². The molecule has 0 saturated carbocycles. The lowest BCUT2D eigenvalue weighted by atomic mass is 9.86. The Morgan fingerprint density at radius 3 is 2.88 bits per heavy atom. The molecule has 0 amide bonds. The third kappa shape index (κ3) is 1.50. The molecule has 1 heterocycles. The first-order valence-electron chi connectivity index (χ1n) is 5.09. The number of rotatable bonds is 1. The van der Waals surface area contributed by atoms with Crippen LogP contribution < -0.4 is 0 Å². The predicted octanol–water partition coefficient (Wildman–Crippen LogP) is 2.90. The molecule has 0 spiro atoms. The highest BCUT2D eigenvalue weighted by molar-refractivity contribution is 6.11. The predicted molar refractivity (Wildman–Crippen MR) is 60.5 cm³/mol. The van der Waals surface area contributed by atoms with Crippen LogP contribution in [-0.4, -0.2) is 10.7 Å². The average molecular weight is 212 g/mol. The van der Waals surface area contributed by atoms with E-state index in [1.54, 1.807) is 6.20 Å². The molecule has 0 radical (unpaired) electrons.